The Morgan fingerprint density at radius 1 is 1.26 bits per heavy atom. The molecule has 0 aliphatic carbocycles. The maximum atomic E-state index is 5.72. The fraction of sp³-hybridized carbons (Fsp3) is 0.500. The molecule has 3 heterocycles. The van der Waals surface area contributed by atoms with Crippen LogP contribution in [0.2, 0.25) is 0 Å². The lowest BCUT2D eigenvalue weighted by molar-refractivity contribution is 0.185. The lowest BCUT2D eigenvalue weighted by Gasteiger charge is -2.21. The Kier molecular flexibility index (Phi) is 5.18. The van der Waals surface area contributed by atoms with Crippen molar-refractivity contribution in [3.05, 3.63) is 47.7 Å². The van der Waals surface area contributed by atoms with E-state index in [1.807, 2.05) is 25.5 Å². The number of aromatic nitrogens is 3. The van der Waals surface area contributed by atoms with E-state index in [9.17, 15) is 0 Å². The first-order chi connectivity index (χ1) is 11.3. The molecule has 1 N–H and O–H groups in total. The molecule has 2 atom stereocenters. The predicted molar refractivity (Wildman–Crippen MR) is 90.4 cm³/mol. The van der Waals surface area contributed by atoms with Gasteiger partial charge in [0.2, 0.25) is 0 Å². The molecule has 23 heavy (non-hydrogen) atoms. The summed E-state index contributed by atoms with van der Waals surface area (Å²) < 4.78 is 5.72. The van der Waals surface area contributed by atoms with Crippen molar-refractivity contribution < 1.29 is 4.74 Å². The van der Waals surface area contributed by atoms with Crippen LogP contribution in [0.3, 0.4) is 0 Å². The fourth-order valence-corrected chi connectivity index (χ4v) is 3.03. The molecule has 1 aliphatic rings. The summed E-state index contributed by atoms with van der Waals surface area (Å²) in [4.78, 5) is 13.0. The van der Waals surface area contributed by atoms with Crippen LogP contribution in [0.25, 0.3) is 0 Å². The highest BCUT2D eigenvalue weighted by atomic mass is 16.5. The number of rotatable bonds is 6. The van der Waals surface area contributed by atoms with Crippen LogP contribution in [0.4, 0.5) is 5.82 Å². The predicted octanol–water partition coefficient (Wildman–Crippen LogP) is 2.80. The standard InChI is InChI=1S/C18H24N4O/c1-3-4-15-10-20-13(2)21-18(15)22-17-12-23-11-16(17)9-14-5-7-19-8-6-14/h5-8,10,16-17H,3-4,9,11-12H2,1-2H3,(H,20,21,22)/t16-,17-/m1/s1. The van der Waals surface area contributed by atoms with E-state index < -0.39 is 0 Å². The number of pyridine rings is 1. The Bertz CT molecular complexity index is 632. The SMILES string of the molecule is CCCc1cnc(C)nc1N[C@@H]1COC[C@H]1Cc1ccncc1. The van der Waals surface area contributed by atoms with Gasteiger partial charge in [0, 0.05) is 30.1 Å². The van der Waals surface area contributed by atoms with Crippen molar-refractivity contribution in [1.29, 1.82) is 0 Å². The molecule has 122 valence electrons. The van der Waals surface area contributed by atoms with Crippen LogP contribution in [0, 0.1) is 12.8 Å². The Labute approximate surface area is 137 Å². The number of aryl methyl sites for hydroxylation is 2. The molecule has 0 radical (unpaired) electrons. The van der Waals surface area contributed by atoms with Gasteiger partial charge in [0.05, 0.1) is 19.3 Å². The minimum absolute atomic E-state index is 0.285. The second-order valence-electron chi connectivity index (χ2n) is 6.15. The van der Waals surface area contributed by atoms with E-state index in [1.54, 1.807) is 0 Å². The Morgan fingerprint density at radius 2 is 2.09 bits per heavy atom. The van der Waals surface area contributed by atoms with Gasteiger partial charge in [-0.25, -0.2) is 9.97 Å². The molecular formula is C18H24N4O. The third-order valence-corrected chi connectivity index (χ3v) is 4.27. The molecule has 2 aromatic rings. The number of ether oxygens (including phenoxy) is 1. The molecule has 0 bridgehead atoms. The van der Waals surface area contributed by atoms with Crippen molar-refractivity contribution in [2.24, 2.45) is 5.92 Å². The highest BCUT2D eigenvalue weighted by Crippen LogP contribution is 2.24. The summed E-state index contributed by atoms with van der Waals surface area (Å²) in [6.45, 7) is 5.62. The Balaban J connectivity index is 1.72. The monoisotopic (exact) mass is 312 g/mol. The number of nitrogens with zero attached hydrogens (tertiary/aromatic N) is 3. The minimum atomic E-state index is 0.285. The van der Waals surface area contributed by atoms with Crippen molar-refractivity contribution in [3.8, 4) is 0 Å². The normalized spacial score (nSPS) is 20.6. The fourth-order valence-electron chi connectivity index (χ4n) is 3.03. The first kappa shape index (κ1) is 15.9. The first-order valence-electron chi connectivity index (χ1n) is 8.32. The van der Waals surface area contributed by atoms with Crippen molar-refractivity contribution in [3.63, 3.8) is 0 Å². The molecule has 0 unspecified atom stereocenters. The molecule has 1 saturated heterocycles. The van der Waals surface area contributed by atoms with Crippen molar-refractivity contribution in [2.45, 2.75) is 39.2 Å². The van der Waals surface area contributed by atoms with E-state index in [0.29, 0.717) is 5.92 Å². The summed E-state index contributed by atoms with van der Waals surface area (Å²) in [5.74, 6) is 2.22. The summed E-state index contributed by atoms with van der Waals surface area (Å²) >= 11 is 0. The van der Waals surface area contributed by atoms with Gasteiger partial charge in [-0.3, -0.25) is 4.98 Å². The van der Waals surface area contributed by atoms with Gasteiger partial charge in [0.1, 0.15) is 11.6 Å². The molecule has 2 aromatic heterocycles. The molecule has 5 nitrogen and oxygen atoms in total. The van der Waals surface area contributed by atoms with Gasteiger partial charge in [0.25, 0.3) is 0 Å². The average molecular weight is 312 g/mol. The number of hydrogen-bond acceptors (Lipinski definition) is 5. The van der Waals surface area contributed by atoms with Gasteiger partial charge in [-0.05, 0) is 37.5 Å². The first-order valence-corrected chi connectivity index (χ1v) is 8.32. The lowest BCUT2D eigenvalue weighted by atomic mass is 9.95. The van der Waals surface area contributed by atoms with E-state index in [4.69, 9.17) is 4.74 Å². The van der Waals surface area contributed by atoms with Crippen LogP contribution in [0.15, 0.2) is 30.7 Å². The molecule has 1 fully saturated rings. The Morgan fingerprint density at radius 3 is 2.87 bits per heavy atom. The molecule has 1 aliphatic heterocycles. The molecule has 0 spiro atoms. The lowest BCUT2D eigenvalue weighted by Crippen LogP contribution is -2.30. The van der Waals surface area contributed by atoms with E-state index >= 15 is 0 Å². The second kappa shape index (κ2) is 7.51. The van der Waals surface area contributed by atoms with Crippen LogP contribution in [-0.2, 0) is 17.6 Å². The number of anilines is 1. The third kappa shape index (κ3) is 4.05. The largest absolute Gasteiger partial charge is 0.379 e. The maximum Gasteiger partial charge on any atom is 0.133 e. The van der Waals surface area contributed by atoms with Crippen LogP contribution in [-0.4, -0.2) is 34.2 Å². The minimum Gasteiger partial charge on any atom is -0.379 e. The smallest absolute Gasteiger partial charge is 0.133 e. The van der Waals surface area contributed by atoms with E-state index in [2.05, 4.69) is 39.3 Å². The zero-order chi connectivity index (χ0) is 16.1. The average Bonchev–Trinajstić information content (AvgIpc) is 2.98. The molecule has 0 saturated carbocycles. The van der Waals surface area contributed by atoms with Crippen LogP contribution >= 0.6 is 0 Å². The Hall–Kier alpha value is -2.01. The van der Waals surface area contributed by atoms with Crippen molar-refractivity contribution in [2.75, 3.05) is 18.5 Å². The molecule has 0 aromatic carbocycles. The van der Waals surface area contributed by atoms with Crippen molar-refractivity contribution in [1.82, 2.24) is 15.0 Å². The third-order valence-electron chi connectivity index (χ3n) is 4.27. The number of nitrogens with one attached hydrogen (secondary N) is 1. The summed E-state index contributed by atoms with van der Waals surface area (Å²) in [5, 5.41) is 3.61. The zero-order valence-electron chi connectivity index (χ0n) is 13.8. The zero-order valence-corrected chi connectivity index (χ0v) is 13.8. The van der Waals surface area contributed by atoms with E-state index in [1.165, 1.54) is 11.1 Å². The van der Waals surface area contributed by atoms with E-state index in [0.717, 1.165) is 44.1 Å². The quantitative estimate of drug-likeness (QED) is 0.889. The summed E-state index contributed by atoms with van der Waals surface area (Å²) in [5.41, 5.74) is 2.49. The van der Waals surface area contributed by atoms with Crippen LogP contribution in [0.1, 0.15) is 30.3 Å². The van der Waals surface area contributed by atoms with Gasteiger partial charge >= 0.3 is 0 Å². The van der Waals surface area contributed by atoms with Crippen LogP contribution in [0.5, 0.6) is 0 Å². The van der Waals surface area contributed by atoms with Gasteiger partial charge in [-0.15, -0.1) is 0 Å². The molecule has 5 heteroatoms. The van der Waals surface area contributed by atoms with Gasteiger partial charge < -0.3 is 10.1 Å². The summed E-state index contributed by atoms with van der Waals surface area (Å²) in [6.07, 6.45) is 8.71. The highest BCUT2D eigenvalue weighted by molar-refractivity contribution is 5.44. The molecular weight excluding hydrogens is 288 g/mol. The number of hydrogen-bond donors (Lipinski definition) is 1. The molecule has 3 rings (SSSR count). The van der Waals surface area contributed by atoms with E-state index in [-0.39, 0.29) is 6.04 Å². The second-order valence-corrected chi connectivity index (χ2v) is 6.15. The maximum absolute atomic E-state index is 5.72. The summed E-state index contributed by atoms with van der Waals surface area (Å²) in [7, 11) is 0. The highest BCUT2D eigenvalue weighted by Gasteiger charge is 2.29. The van der Waals surface area contributed by atoms with Gasteiger partial charge in [0.15, 0.2) is 0 Å². The summed E-state index contributed by atoms with van der Waals surface area (Å²) in [6, 6.07) is 4.44. The van der Waals surface area contributed by atoms with Gasteiger partial charge in [-0.2, -0.15) is 0 Å². The molecule has 0 amide bonds. The topological polar surface area (TPSA) is 59.9 Å². The van der Waals surface area contributed by atoms with Gasteiger partial charge in [-0.1, -0.05) is 13.3 Å². The van der Waals surface area contributed by atoms with Crippen molar-refractivity contribution >= 4 is 5.82 Å². The van der Waals surface area contributed by atoms with Crippen LogP contribution < -0.4 is 5.32 Å².